The van der Waals surface area contributed by atoms with Gasteiger partial charge in [0.25, 0.3) is 0 Å². The van der Waals surface area contributed by atoms with E-state index in [9.17, 15) is 0 Å². The Morgan fingerprint density at radius 2 is 1.70 bits per heavy atom. The molecule has 0 aliphatic carbocycles. The van der Waals surface area contributed by atoms with Crippen LogP contribution in [0.4, 0.5) is 0 Å². The fourth-order valence-electron chi connectivity index (χ4n) is 2.70. The Kier molecular flexibility index (Phi) is 9.94. The molecule has 0 spiro atoms. The predicted molar refractivity (Wildman–Crippen MR) is 90.5 cm³/mol. The molecule has 1 unspecified atom stereocenters. The van der Waals surface area contributed by atoms with Crippen molar-refractivity contribution >= 4 is 11.3 Å². The summed E-state index contributed by atoms with van der Waals surface area (Å²) in [6, 6.07) is 0.521. The van der Waals surface area contributed by atoms with Crippen LogP contribution in [0.15, 0.2) is 5.51 Å². The van der Waals surface area contributed by atoms with E-state index in [2.05, 4.69) is 31.1 Å². The second-order valence-corrected chi connectivity index (χ2v) is 6.56. The van der Waals surface area contributed by atoms with Gasteiger partial charge in [-0.2, -0.15) is 0 Å². The normalized spacial score (nSPS) is 12.8. The van der Waals surface area contributed by atoms with Gasteiger partial charge >= 0.3 is 0 Å². The predicted octanol–water partition coefficient (Wildman–Crippen LogP) is 5.63. The quantitative estimate of drug-likeness (QED) is 0.505. The average Bonchev–Trinajstić information content (AvgIpc) is 2.87. The van der Waals surface area contributed by atoms with Crippen LogP contribution in [0.2, 0.25) is 0 Å². The van der Waals surface area contributed by atoms with Crippen LogP contribution in [0.1, 0.15) is 88.2 Å². The van der Waals surface area contributed by atoms with Crippen molar-refractivity contribution in [3.63, 3.8) is 0 Å². The lowest BCUT2D eigenvalue weighted by molar-refractivity contribution is 0.478. The number of unbranched alkanes of at least 4 members (excludes halogenated alkanes) is 7. The van der Waals surface area contributed by atoms with E-state index in [0.717, 1.165) is 6.54 Å². The zero-order valence-electron chi connectivity index (χ0n) is 13.6. The van der Waals surface area contributed by atoms with Crippen LogP contribution < -0.4 is 5.32 Å². The van der Waals surface area contributed by atoms with E-state index in [1.54, 1.807) is 11.3 Å². The highest BCUT2D eigenvalue weighted by Crippen LogP contribution is 2.26. The largest absolute Gasteiger partial charge is 0.309 e. The SMILES string of the molecule is CCCCCCCCCCC(NCC)c1scnc1C. The van der Waals surface area contributed by atoms with E-state index in [1.165, 1.54) is 68.4 Å². The van der Waals surface area contributed by atoms with Crippen molar-refractivity contribution in [1.29, 1.82) is 0 Å². The molecule has 1 rings (SSSR count). The molecule has 1 atom stereocenters. The van der Waals surface area contributed by atoms with Crippen molar-refractivity contribution in [3.05, 3.63) is 16.1 Å². The van der Waals surface area contributed by atoms with E-state index < -0.39 is 0 Å². The third-order valence-corrected chi connectivity index (χ3v) is 4.94. The Balaban J connectivity index is 2.16. The summed E-state index contributed by atoms with van der Waals surface area (Å²) in [6.07, 6.45) is 12.4. The molecule has 2 nitrogen and oxygen atoms in total. The van der Waals surface area contributed by atoms with Crippen LogP contribution in [0, 0.1) is 6.92 Å². The molecule has 0 bridgehead atoms. The highest BCUT2D eigenvalue weighted by atomic mass is 32.1. The highest BCUT2D eigenvalue weighted by Gasteiger charge is 2.14. The van der Waals surface area contributed by atoms with Gasteiger partial charge in [0.05, 0.1) is 11.2 Å². The van der Waals surface area contributed by atoms with Crippen LogP contribution in [-0.4, -0.2) is 11.5 Å². The molecule has 0 aliphatic heterocycles. The van der Waals surface area contributed by atoms with E-state index >= 15 is 0 Å². The summed E-state index contributed by atoms with van der Waals surface area (Å²) in [4.78, 5) is 5.82. The second-order valence-electron chi connectivity index (χ2n) is 5.68. The first-order valence-electron chi connectivity index (χ1n) is 8.42. The third-order valence-electron chi connectivity index (χ3n) is 3.90. The summed E-state index contributed by atoms with van der Waals surface area (Å²) in [6.45, 7) is 7.64. The monoisotopic (exact) mass is 296 g/mol. The van der Waals surface area contributed by atoms with Crippen LogP contribution in [0.5, 0.6) is 0 Å². The summed E-state index contributed by atoms with van der Waals surface area (Å²) in [5, 5.41) is 3.62. The average molecular weight is 297 g/mol. The van der Waals surface area contributed by atoms with Crippen LogP contribution in [0.3, 0.4) is 0 Å². The Morgan fingerprint density at radius 1 is 1.05 bits per heavy atom. The molecule has 0 saturated carbocycles. The number of nitrogens with zero attached hydrogens (tertiary/aromatic N) is 1. The van der Waals surface area contributed by atoms with E-state index in [0.29, 0.717) is 6.04 Å². The Bertz CT molecular complexity index is 335. The van der Waals surface area contributed by atoms with Gasteiger partial charge in [-0.05, 0) is 19.9 Å². The van der Waals surface area contributed by atoms with E-state index in [1.807, 2.05) is 5.51 Å². The van der Waals surface area contributed by atoms with Crippen molar-refractivity contribution < 1.29 is 0 Å². The molecular formula is C17H32N2S. The number of rotatable bonds is 12. The molecule has 1 N–H and O–H groups in total. The maximum absolute atomic E-state index is 4.38. The molecule has 1 aromatic heterocycles. The number of aryl methyl sites for hydroxylation is 1. The zero-order valence-corrected chi connectivity index (χ0v) is 14.4. The van der Waals surface area contributed by atoms with Crippen LogP contribution in [-0.2, 0) is 0 Å². The first kappa shape index (κ1) is 17.6. The van der Waals surface area contributed by atoms with Gasteiger partial charge in [-0.3, -0.25) is 0 Å². The van der Waals surface area contributed by atoms with Gasteiger partial charge in [-0.1, -0.05) is 65.2 Å². The second kappa shape index (κ2) is 11.3. The molecule has 0 amide bonds. The topological polar surface area (TPSA) is 24.9 Å². The standard InChI is InChI=1S/C17H32N2S/c1-4-6-7-8-9-10-11-12-13-16(18-5-2)17-15(3)19-14-20-17/h14,16,18H,4-13H2,1-3H3. The van der Waals surface area contributed by atoms with Gasteiger partial charge in [0, 0.05) is 10.9 Å². The number of thiazole rings is 1. The smallest absolute Gasteiger partial charge is 0.0798 e. The molecule has 0 aromatic carbocycles. The fourth-order valence-corrected chi connectivity index (χ4v) is 3.61. The zero-order chi connectivity index (χ0) is 14.6. The van der Waals surface area contributed by atoms with Crippen molar-refractivity contribution in [2.24, 2.45) is 0 Å². The minimum atomic E-state index is 0.521. The van der Waals surface area contributed by atoms with Crippen molar-refractivity contribution in [3.8, 4) is 0 Å². The van der Waals surface area contributed by atoms with E-state index in [4.69, 9.17) is 0 Å². The fraction of sp³-hybridized carbons (Fsp3) is 0.824. The van der Waals surface area contributed by atoms with Gasteiger partial charge in [-0.25, -0.2) is 4.98 Å². The number of hydrogen-bond donors (Lipinski definition) is 1. The van der Waals surface area contributed by atoms with Gasteiger partial charge in [0.2, 0.25) is 0 Å². The number of aromatic nitrogens is 1. The van der Waals surface area contributed by atoms with Gasteiger partial charge < -0.3 is 5.32 Å². The van der Waals surface area contributed by atoms with Crippen LogP contribution >= 0.6 is 11.3 Å². The Hall–Kier alpha value is -0.410. The third kappa shape index (κ3) is 6.85. The minimum absolute atomic E-state index is 0.521. The Labute approximate surface area is 129 Å². The van der Waals surface area contributed by atoms with Gasteiger partial charge in [0.15, 0.2) is 0 Å². The highest BCUT2D eigenvalue weighted by molar-refractivity contribution is 7.09. The number of hydrogen-bond acceptors (Lipinski definition) is 3. The summed E-state index contributed by atoms with van der Waals surface area (Å²) >= 11 is 1.80. The first-order chi connectivity index (χ1) is 9.79. The maximum Gasteiger partial charge on any atom is 0.0798 e. The van der Waals surface area contributed by atoms with E-state index in [-0.39, 0.29) is 0 Å². The molecule has 1 heterocycles. The summed E-state index contributed by atoms with van der Waals surface area (Å²) < 4.78 is 0. The molecule has 0 radical (unpaired) electrons. The molecule has 1 aromatic rings. The number of nitrogens with one attached hydrogen (secondary N) is 1. The lowest BCUT2D eigenvalue weighted by Gasteiger charge is -2.17. The van der Waals surface area contributed by atoms with Crippen molar-refractivity contribution in [2.45, 2.75) is 84.6 Å². The lowest BCUT2D eigenvalue weighted by Crippen LogP contribution is -2.20. The maximum atomic E-state index is 4.38. The van der Waals surface area contributed by atoms with Crippen LogP contribution in [0.25, 0.3) is 0 Å². The van der Waals surface area contributed by atoms with Crippen molar-refractivity contribution in [2.75, 3.05) is 6.54 Å². The molecular weight excluding hydrogens is 264 g/mol. The molecule has 0 aliphatic rings. The Morgan fingerprint density at radius 3 is 2.25 bits per heavy atom. The first-order valence-corrected chi connectivity index (χ1v) is 9.30. The molecule has 116 valence electrons. The minimum Gasteiger partial charge on any atom is -0.309 e. The molecule has 0 saturated heterocycles. The summed E-state index contributed by atoms with van der Waals surface area (Å²) in [7, 11) is 0. The molecule has 0 fully saturated rings. The summed E-state index contributed by atoms with van der Waals surface area (Å²) in [5.74, 6) is 0. The lowest BCUT2D eigenvalue weighted by atomic mass is 10.0. The van der Waals surface area contributed by atoms with Gasteiger partial charge in [0.1, 0.15) is 0 Å². The molecule has 20 heavy (non-hydrogen) atoms. The summed E-state index contributed by atoms with van der Waals surface area (Å²) in [5.41, 5.74) is 3.18. The van der Waals surface area contributed by atoms with Gasteiger partial charge in [-0.15, -0.1) is 11.3 Å². The molecule has 3 heteroatoms. The van der Waals surface area contributed by atoms with Crippen molar-refractivity contribution in [1.82, 2.24) is 10.3 Å².